The average Bonchev–Trinajstić information content (AvgIpc) is 2.70. The van der Waals surface area contributed by atoms with E-state index < -0.39 is 5.91 Å². The van der Waals surface area contributed by atoms with E-state index in [1.807, 2.05) is 30.3 Å². The van der Waals surface area contributed by atoms with Gasteiger partial charge in [-0.25, -0.2) is 4.68 Å². The first-order valence-electron chi connectivity index (χ1n) is 8.82. The number of nitrogens with one attached hydrogen (secondary N) is 1. The summed E-state index contributed by atoms with van der Waals surface area (Å²) in [5.41, 5.74) is 1.24. The fourth-order valence-electron chi connectivity index (χ4n) is 3.08. The Bertz CT molecular complexity index is 1250. The van der Waals surface area contributed by atoms with Crippen LogP contribution in [0.1, 0.15) is 16.1 Å². The summed E-state index contributed by atoms with van der Waals surface area (Å²) in [5.74, 6) is -0.457. The van der Waals surface area contributed by atoms with Crippen molar-refractivity contribution in [3.05, 3.63) is 104 Å². The van der Waals surface area contributed by atoms with Gasteiger partial charge in [-0.1, -0.05) is 71.7 Å². The van der Waals surface area contributed by atoms with E-state index >= 15 is 0 Å². The molecule has 1 heterocycles. The largest absolute Gasteiger partial charge is 0.320 e. The minimum Gasteiger partial charge on any atom is -0.320 e. The molecule has 3 aromatic carbocycles. The second-order valence-electron chi connectivity index (χ2n) is 6.45. The number of anilines is 1. The number of nitrogens with zero attached hydrogens (tertiary/aromatic N) is 2. The van der Waals surface area contributed by atoms with Gasteiger partial charge in [-0.15, -0.1) is 0 Å². The molecular weight excluding hydrogens is 409 g/mol. The van der Waals surface area contributed by atoms with Crippen molar-refractivity contribution in [2.45, 2.75) is 6.54 Å². The Hall–Kier alpha value is -3.15. The maximum absolute atomic E-state index is 13.0. The van der Waals surface area contributed by atoms with Crippen molar-refractivity contribution in [3.63, 3.8) is 0 Å². The normalized spacial score (nSPS) is 10.8. The summed E-state index contributed by atoms with van der Waals surface area (Å²) < 4.78 is 1.30. The smallest absolute Gasteiger partial charge is 0.276 e. The third-order valence-corrected chi connectivity index (χ3v) is 4.81. The van der Waals surface area contributed by atoms with Gasteiger partial charge in [0, 0.05) is 21.1 Å². The number of carbonyl (C=O) groups excluding carboxylic acids is 1. The molecule has 0 atom stereocenters. The van der Waals surface area contributed by atoms with E-state index in [1.165, 1.54) is 4.68 Å². The first-order valence-corrected chi connectivity index (χ1v) is 9.58. The van der Waals surface area contributed by atoms with Crippen LogP contribution >= 0.6 is 23.2 Å². The SMILES string of the molecule is O=C(Nc1cc(Cl)cc(Cl)c1)c1nn(Cc2ccccc2)c(=O)c2ccccc12. The van der Waals surface area contributed by atoms with E-state index in [-0.39, 0.29) is 17.8 Å². The first-order chi connectivity index (χ1) is 14.0. The lowest BCUT2D eigenvalue weighted by atomic mass is 10.1. The molecule has 5 nitrogen and oxygen atoms in total. The molecule has 0 fully saturated rings. The van der Waals surface area contributed by atoms with Gasteiger partial charge < -0.3 is 5.32 Å². The zero-order valence-corrected chi connectivity index (χ0v) is 16.6. The predicted octanol–water partition coefficient (Wildman–Crippen LogP) is 5.00. The highest BCUT2D eigenvalue weighted by Gasteiger charge is 2.17. The van der Waals surface area contributed by atoms with Gasteiger partial charge in [0.05, 0.1) is 11.9 Å². The highest BCUT2D eigenvalue weighted by Crippen LogP contribution is 2.23. The third-order valence-electron chi connectivity index (χ3n) is 4.38. The van der Waals surface area contributed by atoms with Crippen molar-refractivity contribution in [2.75, 3.05) is 5.32 Å². The molecule has 0 bridgehead atoms. The monoisotopic (exact) mass is 423 g/mol. The summed E-state index contributed by atoms with van der Waals surface area (Å²) in [6.07, 6.45) is 0. The first kappa shape index (κ1) is 19.2. The Morgan fingerprint density at radius 1 is 0.897 bits per heavy atom. The summed E-state index contributed by atoms with van der Waals surface area (Å²) in [7, 11) is 0. The molecule has 29 heavy (non-hydrogen) atoms. The Morgan fingerprint density at radius 3 is 2.21 bits per heavy atom. The van der Waals surface area contributed by atoms with Gasteiger partial charge in [-0.2, -0.15) is 5.10 Å². The standard InChI is InChI=1S/C22H15Cl2N3O2/c23-15-10-16(24)12-17(11-15)25-21(28)20-18-8-4-5-9-19(18)22(29)27(26-20)13-14-6-2-1-3-7-14/h1-12H,13H2,(H,25,28). The van der Waals surface area contributed by atoms with Gasteiger partial charge in [0.25, 0.3) is 11.5 Å². The Balaban J connectivity index is 1.79. The van der Waals surface area contributed by atoms with Gasteiger partial charge in [-0.05, 0) is 29.8 Å². The van der Waals surface area contributed by atoms with Crippen LogP contribution in [0.4, 0.5) is 5.69 Å². The highest BCUT2D eigenvalue weighted by atomic mass is 35.5. The molecule has 144 valence electrons. The van der Waals surface area contributed by atoms with Gasteiger partial charge >= 0.3 is 0 Å². The van der Waals surface area contributed by atoms with Crippen molar-refractivity contribution in [1.82, 2.24) is 9.78 Å². The number of carbonyl (C=O) groups is 1. The topological polar surface area (TPSA) is 64.0 Å². The number of rotatable bonds is 4. The number of aromatic nitrogens is 2. The minimum atomic E-state index is -0.457. The van der Waals surface area contributed by atoms with Crippen LogP contribution < -0.4 is 10.9 Å². The van der Waals surface area contributed by atoms with Crippen LogP contribution in [-0.2, 0) is 6.54 Å². The number of hydrogen-bond donors (Lipinski definition) is 1. The van der Waals surface area contributed by atoms with Crippen LogP contribution in [-0.4, -0.2) is 15.7 Å². The molecule has 1 amide bonds. The lowest BCUT2D eigenvalue weighted by Gasteiger charge is -2.12. The second kappa shape index (κ2) is 8.07. The van der Waals surface area contributed by atoms with Gasteiger partial charge in [0.1, 0.15) is 0 Å². The van der Waals surface area contributed by atoms with Crippen LogP contribution in [0.5, 0.6) is 0 Å². The lowest BCUT2D eigenvalue weighted by molar-refractivity contribution is 0.102. The molecule has 0 radical (unpaired) electrons. The zero-order chi connectivity index (χ0) is 20.4. The summed E-state index contributed by atoms with van der Waals surface area (Å²) in [6, 6.07) is 21.1. The molecule has 4 aromatic rings. The Morgan fingerprint density at radius 2 is 1.52 bits per heavy atom. The fourth-order valence-corrected chi connectivity index (χ4v) is 3.61. The summed E-state index contributed by atoms with van der Waals surface area (Å²) in [5, 5.41) is 8.83. The van der Waals surface area contributed by atoms with E-state index in [1.54, 1.807) is 42.5 Å². The van der Waals surface area contributed by atoms with Crippen molar-refractivity contribution < 1.29 is 4.79 Å². The van der Waals surface area contributed by atoms with E-state index in [0.29, 0.717) is 26.5 Å². The maximum Gasteiger partial charge on any atom is 0.276 e. The molecular formula is C22H15Cl2N3O2. The molecule has 1 N–H and O–H groups in total. The molecule has 0 spiro atoms. The number of hydrogen-bond acceptors (Lipinski definition) is 3. The number of fused-ring (bicyclic) bond motifs is 1. The van der Waals surface area contributed by atoms with E-state index in [4.69, 9.17) is 23.2 Å². The van der Waals surface area contributed by atoms with E-state index in [0.717, 1.165) is 5.56 Å². The van der Waals surface area contributed by atoms with Crippen LogP contribution in [0.15, 0.2) is 77.6 Å². The van der Waals surface area contributed by atoms with Gasteiger partial charge in [-0.3, -0.25) is 9.59 Å². The summed E-state index contributed by atoms with van der Waals surface area (Å²) in [6.45, 7) is 0.258. The van der Waals surface area contributed by atoms with Crippen LogP contribution in [0.25, 0.3) is 10.8 Å². The average molecular weight is 424 g/mol. The fraction of sp³-hybridized carbons (Fsp3) is 0.0455. The van der Waals surface area contributed by atoms with Gasteiger partial charge in [0.15, 0.2) is 5.69 Å². The van der Waals surface area contributed by atoms with Crippen molar-refractivity contribution in [3.8, 4) is 0 Å². The molecule has 0 unspecified atom stereocenters. The Labute approximate surface area is 176 Å². The second-order valence-corrected chi connectivity index (χ2v) is 7.33. The molecule has 4 rings (SSSR count). The molecule has 0 aliphatic rings. The molecule has 1 aromatic heterocycles. The number of amides is 1. The van der Waals surface area contributed by atoms with Gasteiger partial charge in [0.2, 0.25) is 0 Å². The number of halogens is 2. The van der Waals surface area contributed by atoms with E-state index in [9.17, 15) is 9.59 Å². The zero-order valence-electron chi connectivity index (χ0n) is 15.1. The van der Waals surface area contributed by atoms with Crippen molar-refractivity contribution in [1.29, 1.82) is 0 Å². The maximum atomic E-state index is 13.0. The highest BCUT2D eigenvalue weighted by molar-refractivity contribution is 6.35. The lowest BCUT2D eigenvalue weighted by Crippen LogP contribution is -2.28. The number of benzene rings is 3. The summed E-state index contributed by atoms with van der Waals surface area (Å²) >= 11 is 12.0. The quantitative estimate of drug-likeness (QED) is 0.501. The Kier molecular flexibility index (Phi) is 5.34. The van der Waals surface area contributed by atoms with Crippen molar-refractivity contribution >= 4 is 45.6 Å². The molecule has 0 saturated carbocycles. The van der Waals surface area contributed by atoms with Crippen molar-refractivity contribution in [2.24, 2.45) is 0 Å². The summed E-state index contributed by atoms with van der Waals surface area (Å²) in [4.78, 5) is 25.9. The molecule has 0 aliphatic carbocycles. The van der Waals surface area contributed by atoms with E-state index in [2.05, 4.69) is 10.4 Å². The predicted molar refractivity (Wildman–Crippen MR) is 116 cm³/mol. The molecule has 0 aliphatic heterocycles. The third kappa shape index (κ3) is 4.16. The minimum absolute atomic E-state index is 0.146. The molecule has 0 saturated heterocycles. The van der Waals surface area contributed by atoms with Crippen LogP contribution in [0.2, 0.25) is 10.0 Å². The molecule has 7 heteroatoms. The van der Waals surface area contributed by atoms with Crippen LogP contribution in [0, 0.1) is 0 Å². The van der Waals surface area contributed by atoms with Crippen LogP contribution in [0.3, 0.4) is 0 Å².